The van der Waals surface area contributed by atoms with Gasteiger partial charge in [-0.15, -0.1) is 0 Å². The Balaban J connectivity index is 4.10. The second-order valence-corrected chi connectivity index (χ2v) is 4.83. The summed E-state index contributed by atoms with van der Waals surface area (Å²) in [4.78, 5) is 2.29. The van der Waals surface area contributed by atoms with Crippen molar-refractivity contribution in [2.75, 3.05) is 19.7 Å². The van der Waals surface area contributed by atoms with E-state index in [0.29, 0.717) is 12.5 Å². The van der Waals surface area contributed by atoms with Gasteiger partial charge < -0.3 is 0 Å². The molecule has 0 fully saturated rings. The third-order valence-corrected chi connectivity index (χ3v) is 2.54. The Morgan fingerprint density at radius 1 is 1.31 bits per heavy atom. The lowest BCUT2D eigenvalue weighted by atomic mass is 10.0. The number of nitrogens with zero attached hydrogens (tertiary/aromatic N) is 1. The number of hydrogen-bond acceptors (Lipinski definition) is 1. The average Bonchev–Trinajstić information content (AvgIpc) is 2.01. The third kappa shape index (κ3) is 5.27. The van der Waals surface area contributed by atoms with Crippen molar-refractivity contribution in [3.05, 3.63) is 0 Å². The maximum Gasteiger partial charge on any atom is 0.0949 e. The zero-order valence-electron chi connectivity index (χ0n) is 9.76. The van der Waals surface area contributed by atoms with Crippen molar-refractivity contribution in [1.82, 2.24) is 4.90 Å². The molecule has 1 atom stereocenters. The van der Waals surface area contributed by atoms with E-state index >= 15 is 0 Å². The van der Waals surface area contributed by atoms with E-state index < -0.39 is 0 Å². The molecule has 13 heavy (non-hydrogen) atoms. The van der Waals surface area contributed by atoms with Gasteiger partial charge in [-0.1, -0.05) is 20.3 Å². The lowest BCUT2D eigenvalue weighted by Gasteiger charge is -2.36. The Bertz CT molecular complexity index is 129. The molecule has 1 unspecified atom stereocenters. The molecule has 79 valence electrons. The van der Waals surface area contributed by atoms with E-state index in [0.717, 1.165) is 6.54 Å². The van der Waals surface area contributed by atoms with Gasteiger partial charge in [0.15, 0.2) is 0 Å². The van der Waals surface area contributed by atoms with Gasteiger partial charge in [0.2, 0.25) is 0 Å². The highest BCUT2D eigenvalue weighted by atomic mass is 16.3. The summed E-state index contributed by atoms with van der Waals surface area (Å²) in [6.45, 7) is 12.7. The normalized spacial score (nSPS) is 15.0. The van der Waals surface area contributed by atoms with Gasteiger partial charge >= 0.3 is 0 Å². The summed E-state index contributed by atoms with van der Waals surface area (Å²) in [5.74, 6) is 0.686. The maximum absolute atomic E-state index is 10.6. The van der Waals surface area contributed by atoms with E-state index in [1.54, 1.807) is 0 Å². The molecule has 2 heteroatoms. The van der Waals surface area contributed by atoms with Crippen LogP contribution in [-0.4, -0.2) is 30.1 Å². The summed E-state index contributed by atoms with van der Waals surface area (Å²) < 4.78 is 0. The number of rotatable bonds is 5. The van der Waals surface area contributed by atoms with E-state index in [1.165, 1.54) is 6.42 Å². The van der Waals surface area contributed by atoms with Crippen molar-refractivity contribution in [2.45, 2.75) is 46.6 Å². The van der Waals surface area contributed by atoms with Crippen molar-refractivity contribution >= 4 is 0 Å². The molecule has 0 bridgehead atoms. The Kier molecular flexibility index (Phi) is 5.57. The highest BCUT2D eigenvalue weighted by Gasteiger charge is 2.21. The first-order valence-electron chi connectivity index (χ1n) is 5.25. The van der Waals surface area contributed by atoms with Gasteiger partial charge in [-0.2, -0.15) is 0 Å². The minimum Gasteiger partial charge on any atom is -0.296 e. The zero-order valence-corrected chi connectivity index (χ0v) is 9.76. The van der Waals surface area contributed by atoms with Crippen LogP contribution in [0.4, 0.5) is 0 Å². The average molecular weight is 186 g/mol. The van der Waals surface area contributed by atoms with Crippen LogP contribution in [-0.2, 0) is 5.11 Å². The molecule has 0 saturated heterocycles. The number of hydrogen-bond donors (Lipinski definition) is 0. The fraction of sp³-hybridized carbons (Fsp3) is 1.00. The molecule has 2 nitrogen and oxygen atoms in total. The van der Waals surface area contributed by atoms with Crippen LogP contribution >= 0.6 is 0 Å². The van der Waals surface area contributed by atoms with Crippen LogP contribution in [0.25, 0.3) is 0 Å². The molecule has 0 aliphatic heterocycles. The largest absolute Gasteiger partial charge is 0.296 e. The predicted molar refractivity (Wildman–Crippen MR) is 56.3 cm³/mol. The molecule has 0 amide bonds. The minimum atomic E-state index is 0.00764. The summed E-state index contributed by atoms with van der Waals surface area (Å²) in [5, 5.41) is 10.6. The Hall–Kier alpha value is -0.0800. The van der Waals surface area contributed by atoms with Crippen molar-refractivity contribution < 1.29 is 5.11 Å². The van der Waals surface area contributed by atoms with Gasteiger partial charge in [-0.25, -0.2) is 5.11 Å². The zero-order chi connectivity index (χ0) is 10.5. The second kappa shape index (κ2) is 5.61. The summed E-state index contributed by atoms with van der Waals surface area (Å²) >= 11 is 0. The lowest BCUT2D eigenvalue weighted by Crippen LogP contribution is -2.45. The molecule has 0 saturated carbocycles. The third-order valence-electron chi connectivity index (χ3n) is 2.54. The fourth-order valence-corrected chi connectivity index (χ4v) is 1.32. The molecule has 0 heterocycles. The summed E-state index contributed by atoms with van der Waals surface area (Å²) in [5.41, 5.74) is 0.133. The van der Waals surface area contributed by atoms with Crippen LogP contribution in [0.15, 0.2) is 0 Å². The van der Waals surface area contributed by atoms with Crippen LogP contribution in [0.2, 0.25) is 0 Å². The Morgan fingerprint density at radius 2 is 1.85 bits per heavy atom. The van der Waals surface area contributed by atoms with E-state index in [1.807, 2.05) is 0 Å². The van der Waals surface area contributed by atoms with Crippen molar-refractivity contribution in [2.24, 2.45) is 5.92 Å². The molecule has 0 aromatic rings. The molecule has 0 aliphatic carbocycles. The first-order chi connectivity index (χ1) is 5.91. The Morgan fingerprint density at radius 3 is 2.15 bits per heavy atom. The van der Waals surface area contributed by atoms with E-state index in [2.05, 4.69) is 39.5 Å². The first kappa shape index (κ1) is 12.9. The molecule has 0 rings (SSSR count). The van der Waals surface area contributed by atoms with E-state index in [9.17, 15) is 5.11 Å². The van der Waals surface area contributed by atoms with Crippen LogP contribution in [0.1, 0.15) is 41.0 Å². The van der Waals surface area contributed by atoms with Gasteiger partial charge in [-0.05, 0) is 26.7 Å². The van der Waals surface area contributed by atoms with Gasteiger partial charge in [0.1, 0.15) is 0 Å². The van der Waals surface area contributed by atoms with Crippen LogP contribution in [0, 0.1) is 5.92 Å². The monoisotopic (exact) mass is 186 g/mol. The first-order valence-corrected chi connectivity index (χ1v) is 5.25. The van der Waals surface area contributed by atoms with Crippen LogP contribution in [0.5, 0.6) is 0 Å². The SMILES string of the molecule is CCC(C)CN(CC[O])C(C)(C)C. The lowest BCUT2D eigenvalue weighted by molar-refractivity contribution is 0.0691. The second-order valence-electron chi connectivity index (χ2n) is 4.83. The van der Waals surface area contributed by atoms with E-state index in [-0.39, 0.29) is 12.1 Å². The van der Waals surface area contributed by atoms with Crippen LogP contribution in [0.3, 0.4) is 0 Å². The highest BCUT2D eigenvalue weighted by molar-refractivity contribution is 4.77. The smallest absolute Gasteiger partial charge is 0.0949 e. The van der Waals surface area contributed by atoms with Gasteiger partial charge in [0.05, 0.1) is 6.61 Å². The standard InChI is InChI=1S/C11H24NO/c1-6-10(2)9-12(7-8-13)11(3,4)5/h10H,6-9H2,1-5H3. The molecular formula is C11H24NO. The van der Waals surface area contributed by atoms with Gasteiger partial charge in [-0.3, -0.25) is 4.90 Å². The highest BCUT2D eigenvalue weighted by Crippen LogP contribution is 2.15. The molecule has 0 spiro atoms. The molecular weight excluding hydrogens is 162 g/mol. The van der Waals surface area contributed by atoms with Crippen molar-refractivity contribution in [1.29, 1.82) is 0 Å². The molecule has 0 aliphatic rings. The molecule has 1 radical (unpaired) electrons. The Labute approximate surface area is 82.9 Å². The molecule has 0 N–H and O–H groups in total. The van der Waals surface area contributed by atoms with E-state index in [4.69, 9.17) is 0 Å². The summed E-state index contributed by atoms with van der Waals surface area (Å²) in [6, 6.07) is 0. The minimum absolute atomic E-state index is 0.00764. The maximum atomic E-state index is 10.6. The van der Waals surface area contributed by atoms with Crippen LogP contribution < -0.4 is 0 Å². The molecule has 0 aromatic heterocycles. The van der Waals surface area contributed by atoms with Gasteiger partial charge in [0.25, 0.3) is 0 Å². The summed E-state index contributed by atoms with van der Waals surface area (Å²) in [6.07, 6.45) is 1.19. The fourth-order valence-electron chi connectivity index (χ4n) is 1.32. The van der Waals surface area contributed by atoms with Crippen molar-refractivity contribution in [3.63, 3.8) is 0 Å². The quantitative estimate of drug-likeness (QED) is 0.647. The topological polar surface area (TPSA) is 23.1 Å². The van der Waals surface area contributed by atoms with Crippen molar-refractivity contribution in [3.8, 4) is 0 Å². The molecule has 0 aromatic carbocycles. The predicted octanol–water partition coefficient (Wildman–Crippen LogP) is 2.56. The summed E-state index contributed by atoms with van der Waals surface area (Å²) in [7, 11) is 0. The van der Waals surface area contributed by atoms with Gasteiger partial charge in [0, 0.05) is 18.6 Å².